The molecule has 0 spiro atoms. The second kappa shape index (κ2) is 4.45. The summed E-state index contributed by atoms with van der Waals surface area (Å²) in [6, 6.07) is 7.29. The highest BCUT2D eigenvalue weighted by molar-refractivity contribution is 6.34. The number of benzene rings is 1. The third kappa shape index (κ3) is 1.96. The summed E-state index contributed by atoms with van der Waals surface area (Å²) in [4.78, 5) is 11.8. The van der Waals surface area contributed by atoms with Crippen molar-refractivity contribution < 1.29 is 4.79 Å². The molecule has 0 fully saturated rings. The van der Waals surface area contributed by atoms with Crippen LogP contribution in [0, 0.1) is 0 Å². The van der Waals surface area contributed by atoms with Crippen molar-refractivity contribution in [2.24, 2.45) is 0 Å². The van der Waals surface area contributed by atoms with E-state index in [0.717, 1.165) is 29.8 Å². The van der Waals surface area contributed by atoms with E-state index >= 15 is 0 Å². The lowest BCUT2D eigenvalue weighted by Gasteiger charge is -2.15. The van der Waals surface area contributed by atoms with Crippen molar-refractivity contribution in [2.45, 2.75) is 19.3 Å². The van der Waals surface area contributed by atoms with E-state index in [2.05, 4.69) is 0 Å². The molecule has 92 valence electrons. The molecular formula is C14H11Cl2NO. The Morgan fingerprint density at radius 1 is 1.06 bits per heavy atom. The van der Waals surface area contributed by atoms with Gasteiger partial charge < -0.3 is 4.57 Å². The lowest BCUT2D eigenvalue weighted by Crippen LogP contribution is -2.12. The molecule has 18 heavy (non-hydrogen) atoms. The number of hydrogen-bond acceptors (Lipinski definition) is 1. The molecule has 0 saturated carbocycles. The molecule has 0 bridgehead atoms. The fourth-order valence-electron chi connectivity index (χ4n) is 2.45. The van der Waals surface area contributed by atoms with Gasteiger partial charge in [0, 0.05) is 39.6 Å². The molecule has 1 aliphatic rings. The van der Waals surface area contributed by atoms with Gasteiger partial charge in [-0.25, -0.2) is 0 Å². The van der Waals surface area contributed by atoms with Crippen LogP contribution < -0.4 is 0 Å². The van der Waals surface area contributed by atoms with Crippen LogP contribution in [-0.4, -0.2) is 10.4 Å². The Morgan fingerprint density at radius 2 is 1.78 bits per heavy atom. The maximum Gasteiger partial charge on any atom is 0.164 e. The number of carbonyl (C=O) groups is 1. The van der Waals surface area contributed by atoms with Gasteiger partial charge in [-0.05, 0) is 37.1 Å². The van der Waals surface area contributed by atoms with E-state index in [9.17, 15) is 4.79 Å². The number of aromatic nitrogens is 1. The van der Waals surface area contributed by atoms with Crippen LogP contribution in [0.25, 0.3) is 5.69 Å². The number of halogens is 2. The van der Waals surface area contributed by atoms with Gasteiger partial charge in [-0.2, -0.15) is 0 Å². The zero-order valence-corrected chi connectivity index (χ0v) is 11.1. The second-order valence-corrected chi connectivity index (χ2v) is 5.32. The van der Waals surface area contributed by atoms with Crippen LogP contribution in [0.5, 0.6) is 0 Å². The SMILES string of the molecule is O=C1CCCc2c1ccn2-c1cc(Cl)cc(Cl)c1. The number of hydrogen-bond donors (Lipinski definition) is 0. The van der Waals surface area contributed by atoms with Gasteiger partial charge in [-0.3, -0.25) is 4.79 Å². The first-order valence-electron chi connectivity index (χ1n) is 5.85. The Balaban J connectivity index is 2.15. The zero-order chi connectivity index (χ0) is 12.7. The van der Waals surface area contributed by atoms with Crippen molar-refractivity contribution in [3.63, 3.8) is 0 Å². The normalized spacial score (nSPS) is 14.7. The minimum Gasteiger partial charge on any atom is -0.320 e. The molecule has 0 saturated heterocycles. The molecule has 1 aromatic heterocycles. The maximum absolute atomic E-state index is 11.8. The maximum atomic E-state index is 11.8. The van der Waals surface area contributed by atoms with E-state index in [0.29, 0.717) is 16.5 Å². The van der Waals surface area contributed by atoms with Crippen LogP contribution >= 0.6 is 23.2 Å². The third-order valence-corrected chi connectivity index (χ3v) is 3.67. The van der Waals surface area contributed by atoms with Crippen LogP contribution in [0.1, 0.15) is 28.9 Å². The third-order valence-electron chi connectivity index (χ3n) is 3.24. The van der Waals surface area contributed by atoms with Crippen LogP contribution in [0.2, 0.25) is 10.0 Å². The monoisotopic (exact) mass is 279 g/mol. The molecule has 0 amide bonds. The second-order valence-electron chi connectivity index (χ2n) is 4.45. The highest BCUT2D eigenvalue weighted by Gasteiger charge is 2.21. The smallest absolute Gasteiger partial charge is 0.164 e. The van der Waals surface area contributed by atoms with Crippen LogP contribution in [-0.2, 0) is 6.42 Å². The van der Waals surface area contributed by atoms with E-state index in [-0.39, 0.29) is 5.78 Å². The topological polar surface area (TPSA) is 22.0 Å². The first-order valence-corrected chi connectivity index (χ1v) is 6.60. The summed E-state index contributed by atoms with van der Waals surface area (Å²) in [5, 5.41) is 1.20. The lowest BCUT2D eigenvalue weighted by molar-refractivity contribution is 0.0972. The van der Waals surface area contributed by atoms with Crippen molar-refractivity contribution in [3.05, 3.63) is 51.8 Å². The average Bonchev–Trinajstić information content (AvgIpc) is 2.73. The summed E-state index contributed by atoms with van der Waals surface area (Å²) in [7, 11) is 0. The largest absolute Gasteiger partial charge is 0.320 e. The minimum atomic E-state index is 0.225. The number of carbonyl (C=O) groups excluding carboxylic acids is 1. The average molecular weight is 280 g/mol. The molecular weight excluding hydrogens is 269 g/mol. The quantitative estimate of drug-likeness (QED) is 0.763. The standard InChI is InChI=1S/C14H11Cl2NO/c15-9-6-10(16)8-11(7-9)17-5-4-12-13(17)2-1-3-14(12)18/h4-8H,1-3H2. The summed E-state index contributed by atoms with van der Waals surface area (Å²) < 4.78 is 2.00. The van der Waals surface area contributed by atoms with E-state index in [4.69, 9.17) is 23.2 Å². The van der Waals surface area contributed by atoms with Gasteiger partial charge in [0.1, 0.15) is 0 Å². The number of rotatable bonds is 1. The fraction of sp³-hybridized carbons (Fsp3) is 0.214. The molecule has 0 N–H and O–H groups in total. The summed E-state index contributed by atoms with van der Waals surface area (Å²) in [6.45, 7) is 0. The molecule has 0 aliphatic heterocycles. The highest BCUT2D eigenvalue weighted by atomic mass is 35.5. The molecule has 1 aromatic carbocycles. The summed E-state index contributed by atoms with van der Waals surface area (Å²) in [6.07, 6.45) is 4.38. The van der Waals surface area contributed by atoms with E-state index in [1.807, 2.05) is 29.0 Å². The molecule has 0 radical (unpaired) electrons. The van der Waals surface area contributed by atoms with E-state index in [1.165, 1.54) is 0 Å². The van der Waals surface area contributed by atoms with Gasteiger partial charge >= 0.3 is 0 Å². The van der Waals surface area contributed by atoms with E-state index < -0.39 is 0 Å². The van der Waals surface area contributed by atoms with Gasteiger partial charge in [-0.15, -0.1) is 0 Å². The summed E-state index contributed by atoms with van der Waals surface area (Å²) in [5.41, 5.74) is 2.80. The van der Waals surface area contributed by atoms with Crippen molar-refractivity contribution in [2.75, 3.05) is 0 Å². The summed E-state index contributed by atoms with van der Waals surface area (Å²) in [5.74, 6) is 0.225. The van der Waals surface area contributed by atoms with Crippen LogP contribution in [0.15, 0.2) is 30.5 Å². The van der Waals surface area contributed by atoms with Gasteiger partial charge in [0.05, 0.1) is 0 Å². The predicted octanol–water partition coefficient (Wildman–Crippen LogP) is 4.30. The first-order chi connectivity index (χ1) is 8.65. The van der Waals surface area contributed by atoms with E-state index in [1.54, 1.807) is 6.07 Å². The molecule has 2 aromatic rings. The number of nitrogens with zero attached hydrogens (tertiary/aromatic N) is 1. The molecule has 2 nitrogen and oxygen atoms in total. The van der Waals surface area contributed by atoms with Crippen molar-refractivity contribution in [1.29, 1.82) is 0 Å². The Labute approximate surface area is 115 Å². The highest BCUT2D eigenvalue weighted by Crippen LogP contribution is 2.28. The van der Waals surface area contributed by atoms with Crippen molar-refractivity contribution in [1.82, 2.24) is 4.57 Å². The van der Waals surface area contributed by atoms with Crippen LogP contribution in [0.3, 0.4) is 0 Å². The number of Topliss-reactive ketones (excluding diaryl/α,β-unsaturated/α-hetero) is 1. The van der Waals surface area contributed by atoms with Gasteiger partial charge in [-0.1, -0.05) is 23.2 Å². The summed E-state index contributed by atoms with van der Waals surface area (Å²) >= 11 is 12.0. The number of fused-ring (bicyclic) bond motifs is 1. The lowest BCUT2D eigenvalue weighted by atomic mass is 9.97. The Bertz CT molecular complexity index is 610. The van der Waals surface area contributed by atoms with Crippen LogP contribution in [0.4, 0.5) is 0 Å². The molecule has 4 heteroatoms. The Morgan fingerprint density at radius 3 is 2.50 bits per heavy atom. The molecule has 0 unspecified atom stereocenters. The Hall–Kier alpha value is -1.25. The Kier molecular flexibility index (Phi) is 2.92. The van der Waals surface area contributed by atoms with Crippen molar-refractivity contribution >= 4 is 29.0 Å². The zero-order valence-electron chi connectivity index (χ0n) is 9.62. The van der Waals surface area contributed by atoms with Crippen molar-refractivity contribution in [3.8, 4) is 5.69 Å². The molecule has 0 atom stereocenters. The molecule has 3 rings (SSSR count). The minimum absolute atomic E-state index is 0.225. The fourth-order valence-corrected chi connectivity index (χ4v) is 2.96. The molecule has 1 heterocycles. The number of ketones is 1. The first kappa shape index (κ1) is 11.8. The predicted molar refractivity (Wildman–Crippen MR) is 73.1 cm³/mol. The van der Waals surface area contributed by atoms with Gasteiger partial charge in [0.15, 0.2) is 5.78 Å². The molecule has 1 aliphatic carbocycles. The van der Waals surface area contributed by atoms with Gasteiger partial charge in [0.25, 0.3) is 0 Å². The van der Waals surface area contributed by atoms with Gasteiger partial charge in [0.2, 0.25) is 0 Å².